The Hall–Kier alpha value is -4.70. The first kappa shape index (κ1) is 29.8. The van der Waals surface area contributed by atoms with Crippen LogP contribution >= 0.6 is 0 Å². The van der Waals surface area contributed by atoms with E-state index in [4.69, 9.17) is 10.2 Å². The largest absolute Gasteiger partial charge is 0.419 e. The van der Waals surface area contributed by atoms with E-state index in [1.807, 2.05) is 6.07 Å². The van der Waals surface area contributed by atoms with Gasteiger partial charge in [0.15, 0.2) is 0 Å². The average Bonchev–Trinajstić information content (AvgIpc) is 3.44. The molecule has 0 saturated heterocycles. The van der Waals surface area contributed by atoms with Crippen molar-refractivity contribution >= 4 is 11.6 Å². The van der Waals surface area contributed by atoms with Crippen LogP contribution in [0.25, 0.3) is 22.7 Å². The Morgan fingerprint density at radius 3 is 2.42 bits per heavy atom. The first-order valence-electron chi connectivity index (χ1n) is 13.1. The molecule has 1 unspecified atom stereocenters. The van der Waals surface area contributed by atoms with Gasteiger partial charge >= 0.3 is 0 Å². The first-order chi connectivity index (χ1) is 20.1. The number of halogens is 5. The fraction of sp³-hybridized carbons (Fsp3) is 0.300. The van der Waals surface area contributed by atoms with Crippen LogP contribution in [0.5, 0.6) is 0 Å². The van der Waals surface area contributed by atoms with Crippen molar-refractivity contribution in [1.29, 1.82) is 5.26 Å². The van der Waals surface area contributed by atoms with Crippen molar-refractivity contribution < 1.29 is 31.2 Å². The average molecular weight is 597 g/mol. The molecule has 13 heteroatoms. The number of carbonyl (C=O) groups is 1. The maximum atomic E-state index is 15.3. The van der Waals surface area contributed by atoms with Crippen molar-refractivity contribution in [3.05, 3.63) is 83.1 Å². The highest BCUT2D eigenvalue weighted by Crippen LogP contribution is 2.45. The third kappa shape index (κ3) is 5.70. The lowest BCUT2D eigenvalue weighted by atomic mass is 9.96. The Kier molecular flexibility index (Phi) is 7.30. The molecule has 2 aromatic carbocycles. The second-order valence-corrected chi connectivity index (χ2v) is 11.0. The topological polar surface area (TPSA) is 122 Å². The molecule has 3 heterocycles. The van der Waals surface area contributed by atoms with E-state index in [-0.39, 0.29) is 35.1 Å². The zero-order valence-electron chi connectivity index (χ0n) is 23.2. The van der Waals surface area contributed by atoms with Gasteiger partial charge in [-0.2, -0.15) is 5.26 Å². The van der Waals surface area contributed by atoms with Gasteiger partial charge in [-0.15, -0.1) is 10.2 Å². The lowest BCUT2D eigenvalue weighted by molar-refractivity contribution is -0.122. The van der Waals surface area contributed by atoms with E-state index in [1.54, 1.807) is 24.3 Å². The van der Waals surface area contributed by atoms with Crippen LogP contribution in [0, 0.1) is 17.1 Å². The number of alkyl halides is 4. The number of benzene rings is 2. The summed E-state index contributed by atoms with van der Waals surface area (Å²) in [6.07, 6.45) is 0.0502. The number of nitrogens with two attached hydrogens (primary N) is 1. The highest BCUT2D eigenvalue weighted by Gasteiger charge is 2.45. The third-order valence-electron chi connectivity index (χ3n) is 7.16. The summed E-state index contributed by atoms with van der Waals surface area (Å²) < 4.78 is 78.4. The van der Waals surface area contributed by atoms with Gasteiger partial charge in [0.25, 0.3) is 17.7 Å². The van der Waals surface area contributed by atoms with Crippen LogP contribution < -0.4 is 10.6 Å². The molecule has 2 N–H and O–H groups in total. The van der Waals surface area contributed by atoms with Crippen LogP contribution in [-0.2, 0) is 28.6 Å². The number of hydrogen-bond acceptors (Lipinski definition) is 7. The summed E-state index contributed by atoms with van der Waals surface area (Å²) >= 11 is 0. The minimum Gasteiger partial charge on any atom is -0.419 e. The lowest BCUT2D eigenvalue weighted by Gasteiger charge is -2.25. The molecule has 222 valence electrons. The molecule has 1 amide bonds. The van der Waals surface area contributed by atoms with Crippen molar-refractivity contribution in [3.8, 4) is 28.8 Å². The van der Waals surface area contributed by atoms with E-state index < -0.39 is 47.0 Å². The molecule has 8 nitrogen and oxygen atoms in total. The quantitative estimate of drug-likeness (QED) is 0.263. The number of hydrogen-bond donors (Lipinski definition) is 1. The van der Waals surface area contributed by atoms with Crippen LogP contribution in [0.4, 0.5) is 27.6 Å². The first-order valence-corrected chi connectivity index (χ1v) is 13.1. The molecule has 1 atom stereocenters. The third-order valence-corrected chi connectivity index (χ3v) is 7.16. The van der Waals surface area contributed by atoms with Gasteiger partial charge in [0.05, 0.1) is 35.6 Å². The van der Waals surface area contributed by atoms with Gasteiger partial charge in [-0.05, 0) is 43.7 Å². The zero-order chi connectivity index (χ0) is 31.3. The number of anilines is 1. The van der Waals surface area contributed by atoms with Crippen molar-refractivity contribution in [2.45, 2.75) is 57.0 Å². The molecule has 0 aliphatic carbocycles. The number of aromatic nitrogens is 3. The number of nitrogens with zero attached hydrogens (tertiary/aromatic N) is 5. The fourth-order valence-corrected chi connectivity index (χ4v) is 4.62. The second-order valence-electron chi connectivity index (χ2n) is 11.0. The summed E-state index contributed by atoms with van der Waals surface area (Å²) in [5.41, 5.74) is 4.62. The molecule has 43 heavy (non-hydrogen) atoms. The maximum Gasteiger partial charge on any atom is 0.277 e. The van der Waals surface area contributed by atoms with Gasteiger partial charge in [0.1, 0.15) is 11.2 Å². The Labute approximate surface area is 243 Å². The van der Waals surface area contributed by atoms with Crippen LogP contribution in [0.3, 0.4) is 0 Å². The predicted octanol–water partition coefficient (Wildman–Crippen LogP) is 6.21. The van der Waals surface area contributed by atoms with Crippen molar-refractivity contribution in [1.82, 2.24) is 15.2 Å². The van der Waals surface area contributed by atoms with Crippen LogP contribution in [0.15, 0.2) is 59.1 Å². The summed E-state index contributed by atoms with van der Waals surface area (Å²) in [5.74, 6) is -9.04. The van der Waals surface area contributed by atoms with Gasteiger partial charge in [-0.3, -0.25) is 9.78 Å². The fourth-order valence-electron chi connectivity index (χ4n) is 4.62. The molecule has 0 radical (unpaired) electrons. The minimum atomic E-state index is -3.64. The Morgan fingerprint density at radius 2 is 1.81 bits per heavy atom. The van der Waals surface area contributed by atoms with Crippen LogP contribution in [0.2, 0.25) is 0 Å². The predicted molar refractivity (Wildman–Crippen MR) is 145 cm³/mol. The number of pyridine rings is 1. The number of carbonyl (C=O) groups excluding carboxylic acids is 1. The smallest absolute Gasteiger partial charge is 0.277 e. The van der Waals surface area contributed by atoms with E-state index in [0.29, 0.717) is 22.9 Å². The van der Waals surface area contributed by atoms with Gasteiger partial charge in [-0.25, -0.2) is 22.0 Å². The Balaban J connectivity index is 1.52. The minimum absolute atomic E-state index is 0.104. The highest BCUT2D eigenvalue weighted by atomic mass is 19.3. The molecule has 0 bridgehead atoms. The summed E-state index contributed by atoms with van der Waals surface area (Å²) in [4.78, 5) is 18.5. The van der Waals surface area contributed by atoms with Gasteiger partial charge in [0, 0.05) is 36.2 Å². The highest BCUT2D eigenvalue weighted by molar-refractivity contribution is 5.99. The summed E-state index contributed by atoms with van der Waals surface area (Å²) in [7, 11) is 0. The molecular weight excluding hydrogens is 571 g/mol. The van der Waals surface area contributed by atoms with Gasteiger partial charge in [-0.1, -0.05) is 24.3 Å². The van der Waals surface area contributed by atoms with Gasteiger partial charge < -0.3 is 15.1 Å². The van der Waals surface area contributed by atoms with E-state index in [0.717, 1.165) is 24.1 Å². The SMILES string of the molecule is CC(F)(F)c1ccc(-c2ccc(CN3C(=O)C(N)CC(F)(F)c4cc(F)c(-c5nnc(C(C)(C)C#N)o5)cc43)cc2)nc1. The molecule has 0 fully saturated rings. The molecular formula is C30H25F5N6O2. The van der Waals surface area contributed by atoms with Gasteiger partial charge in [0.2, 0.25) is 11.8 Å². The number of amides is 1. The Bertz CT molecular complexity index is 1720. The normalized spacial score (nSPS) is 16.9. The van der Waals surface area contributed by atoms with Crippen molar-refractivity contribution in [3.63, 3.8) is 0 Å². The molecule has 0 spiro atoms. The monoisotopic (exact) mass is 596 g/mol. The number of nitriles is 1. The lowest BCUT2D eigenvalue weighted by Crippen LogP contribution is -2.43. The van der Waals surface area contributed by atoms with Crippen molar-refractivity contribution in [2.75, 3.05) is 4.90 Å². The van der Waals surface area contributed by atoms with E-state index in [9.17, 15) is 18.8 Å². The summed E-state index contributed by atoms with van der Waals surface area (Å²) in [6, 6.07) is 11.3. The molecule has 1 aliphatic rings. The molecule has 5 rings (SSSR count). The van der Waals surface area contributed by atoms with Crippen molar-refractivity contribution in [2.24, 2.45) is 5.73 Å². The summed E-state index contributed by atoms with van der Waals surface area (Å²) in [5, 5.41) is 17.0. The molecule has 4 aromatic rings. The molecule has 0 saturated carbocycles. The number of rotatable bonds is 6. The van der Waals surface area contributed by atoms with E-state index in [2.05, 4.69) is 15.2 Å². The molecule has 2 aromatic heterocycles. The number of fused-ring (bicyclic) bond motifs is 1. The molecule has 1 aliphatic heterocycles. The Morgan fingerprint density at radius 1 is 1.12 bits per heavy atom. The van der Waals surface area contributed by atoms with E-state index in [1.165, 1.54) is 26.0 Å². The standard InChI is InChI=1S/C30H25F5N6O2/c1-28(2,15-36)27-40-39-25(43-27)19-10-24-20(11-21(19)31)30(34,35)12-22(37)26(42)41(24)14-16-4-6-17(7-5-16)23-9-8-18(13-38-23)29(3,32)33/h4-11,13,22H,12,14,37H2,1-3H3. The van der Waals surface area contributed by atoms with Crippen LogP contribution in [0.1, 0.15) is 49.8 Å². The summed E-state index contributed by atoms with van der Waals surface area (Å²) in [6.45, 7) is 3.60. The zero-order valence-corrected chi connectivity index (χ0v) is 23.2. The second kappa shape index (κ2) is 10.5. The van der Waals surface area contributed by atoms with E-state index >= 15 is 13.2 Å². The maximum absolute atomic E-state index is 15.3. The van der Waals surface area contributed by atoms with Crippen LogP contribution in [-0.4, -0.2) is 27.1 Å².